The van der Waals surface area contributed by atoms with Crippen molar-refractivity contribution in [1.29, 1.82) is 0 Å². The third kappa shape index (κ3) is 2.75. The number of para-hydroxylation sites is 1. The van der Waals surface area contributed by atoms with E-state index in [1.165, 1.54) is 10.8 Å². The molecule has 1 nitrogen and oxygen atoms in total. The van der Waals surface area contributed by atoms with Crippen molar-refractivity contribution in [2.24, 2.45) is 0 Å². The smallest absolute Gasteiger partial charge is 0.657 e. The Hall–Kier alpha value is -1.28. The quantitative estimate of drug-likeness (QED) is 0.611. The molecule has 0 N–H and O–H groups in total. The minimum atomic E-state index is 0. The van der Waals surface area contributed by atoms with E-state index >= 15 is 0 Å². The molecule has 0 amide bonds. The minimum Gasteiger partial charge on any atom is -0.657 e. The summed E-state index contributed by atoms with van der Waals surface area (Å²) in [5.74, 6) is 0. The summed E-state index contributed by atoms with van der Waals surface area (Å²) in [6.07, 6.45) is 0. The predicted molar refractivity (Wildman–Crippen MR) is 73.1 cm³/mol. The van der Waals surface area contributed by atoms with Crippen LogP contribution in [0.15, 0.2) is 72.8 Å². The first-order valence-corrected chi connectivity index (χ1v) is 5.68. The van der Waals surface area contributed by atoms with Gasteiger partial charge >= 0.3 is 29.6 Å². The van der Waals surface area contributed by atoms with E-state index in [9.17, 15) is 0 Å². The molecular formula is C16H12NNa. The van der Waals surface area contributed by atoms with E-state index in [2.05, 4.69) is 35.6 Å². The molecule has 0 atom stereocenters. The first kappa shape index (κ1) is 13.2. The summed E-state index contributed by atoms with van der Waals surface area (Å²) in [5, 5.41) is 7.09. The van der Waals surface area contributed by atoms with Gasteiger partial charge in [-0.2, -0.15) is 0 Å². The topological polar surface area (TPSA) is 14.1 Å². The Morgan fingerprint density at radius 3 is 2.11 bits per heavy atom. The van der Waals surface area contributed by atoms with Gasteiger partial charge in [0.2, 0.25) is 0 Å². The molecule has 0 radical (unpaired) electrons. The van der Waals surface area contributed by atoms with Crippen LogP contribution in [0.3, 0.4) is 0 Å². The van der Waals surface area contributed by atoms with Gasteiger partial charge in [-0.1, -0.05) is 72.8 Å². The number of benzene rings is 3. The maximum Gasteiger partial charge on any atom is 1.00 e. The van der Waals surface area contributed by atoms with Crippen molar-refractivity contribution < 1.29 is 29.6 Å². The molecule has 0 aliphatic rings. The summed E-state index contributed by atoms with van der Waals surface area (Å²) >= 11 is 0. The largest absolute Gasteiger partial charge is 1.00 e. The van der Waals surface area contributed by atoms with Crippen molar-refractivity contribution in [2.45, 2.75) is 0 Å². The summed E-state index contributed by atoms with van der Waals surface area (Å²) in [5.41, 5.74) is 2.01. The molecule has 0 heterocycles. The summed E-state index contributed by atoms with van der Waals surface area (Å²) in [7, 11) is 0. The SMILES string of the molecule is [Na+].c1ccc([N-]c2cccc3ccccc23)cc1. The van der Waals surface area contributed by atoms with Gasteiger partial charge in [0.1, 0.15) is 0 Å². The van der Waals surface area contributed by atoms with Gasteiger partial charge < -0.3 is 5.32 Å². The summed E-state index contributed by atoms with van der Waals surface area (Å²) in [6, 6.07) is 24.6. The van der Waals surface area contributed by atoms with E-state index in [4.69, 9.17) is 0 Å². The predicted octanol–water partition coefficient (Wildman–Crippen LogP) is 2.18. The van der Waals surface area contributed by atoms with Crippen molar-refractivity contribution in [2.75, 3.05) is 0 Å². The molecule has 0 saturated carbocycles. The third-order valence-electron chi connectivity index (χ3n) is 2.77. The zero-order valence-electron chi connectivity index (χ0n) is 10.4. The molecule has 0 aromatic heterocycles. The Balaban J connectivity index is 0.00000120. The van der Waals surface area contributed by atoms with Gasteiger partial charge in [0.15, 0.2) is 0 Å². The van der Waals surface area contributed by atoms with Crippen LogP contribution >= 0.6 is 0 Å². The van der Waals surface area contributed by atoms with E-state index in [1.807, 2.05) is 42.5 Å². The zero-order valence-corrected chi connectivity index (χ0v) is 12.4. The Bertz CT molecular complexity index is 629. The number of hydrogen-bond acceptors (Lipinski definition) is 0. The second-order valence-electron chi connectivity index (χ2n) is 3.95. The van der Waals surface area contributed by atoms with Crippen LogP contribution in [0.25, 0.3) is 16.1 Å². The Morgan fingerprint density at radius 1 is 0.611 bits per heavy atom. The van der Waals surface area contributed by atoms with Crippen LogP contribution in [0.2, 0.25) is 0 Å². The number of nitrogens with zero attached hydrogens (tertiary/aromatic N) is 1. The molecule has 82 valence electrons. The van der Waals surface area contributed by atoms with E-state index in [0.29, 0.717) is 0 Å². The summed E-state index contributed by atoms with van der Waals surface area (Å²) in [4.78, 5) is 0. The van der Waals surface area contributed by atoms with Gasteiger partial charge in [0.25, 0.3) is 0 Å². The van der Waals surface area contributed by atoms with Crippen LogP contribution in [0.1, 0.15) is 0 Å². The van der Waals surface area contributed by atoms with Crippen molar-refractivity contribution in [3.8, 4) is 0 Å². The number of hydrogen-bond donors (Lipinski definition) is 0. The van der Waals surface area contributed by atoms with Gasteiger partial charge in [-0.3, -0.25) is 0 Å². The number of rotatable bonds is 2. The molecule has 2 heteroatoms. The van der Waals surface area contributed by atoms with Gasteiger partial charge in [0, 0.05) is 0 Å². The van der Waals surface area contributed by atoms with Gasteiger partial charge in [-0.15, -0.1) is 11.4 Å². The Morgan fingerprint density at radius 2 is 1.28 bits per heavy atom. The van der Waals surface area contributed by atoms with Crippen molar-refractivity contribution >= 4 is 22.1 Å². The van der Waals surface area contributed by atoms with Crippen LogP contribution in [0, 0.1) is 0 Å². The first-order chi connectivity index (χ1) is 8.43. The molecule has 18 heavy (non-hydrogen) atoms. The van der Waals surface area contributed by atoms with Crippen molar-refractivity contribution in [3.05, 3.63) is 78.1 Å². The third-order valence-corrected chi connectivity index (χ3v) is 2.77. The molecule has 0 unspecified atom stereocenters. The second-order valence-corrected chi connectivity index (χ2v) is 3.95. The summed E-state index contributed by atoms with van der Waals surface area (Å²) in [6.45, 7) is 0. The van der Waals surface area contributed by atoms with E-state index < -0.39 is 0 Å². The maximum atomic E-state index is 4.67. The molecule has 3 aromatic rings. The standard InChI is InChI=1S/C16H12N.Na/c1-2-9-14(10-3-1)17-16-12-6-8-13-7-4-5-11-15(13)16;/h1-12H;/q-1;+1. The van der Waals surface area contributed by atoms with Gasteiger partial charge in [-0.05, 0) is 10.8 Å². The minimum absolute atomic E-state index is 0. The fourth-order valence-electron chi connectivity index (χ4n) is 1.95. The van der Waals surface area contributed by atoms with Crippen molar-refractivity contribution in [3.63, 3.8) is 0 Å². The average Bonchev–Trinajstić information content (AvgIpc) is 2.40. The van der Waals surface area contributed by atoms with Crippen LogP contribution in [0.4, 0.5) is 11.4 Å². The Kier molecular flexibility index (Phi) is 4.43. The average molecular weight is 241 g/mol. The maximum absolute atomic E-state index is 4.67. The fraction of sp³-hybridized carbons (Fsp3) is 0. The van der Waals surface area contributed by atoms with E-state index in [-0.39, 0.29) is 29.6 Å². The summed E-state index contributed by atoms with van der Waals surface area (Å²) < 4.78 is 0. The molecule has 3 aromatic carbocycles. The molecule has 0 aliphatic carbocycles. The molecule has 0 spiro atoms. The zero-order chi connectivity index (χ0) is 11.5. The molecule has 0 saturated heterocycles. The Labute approximate surface area is 129 Å². The molecule has 0 bridgehead atoms. The number of fused-ring (bicyclic) bond motifs is 1. The molecule has 3 rings (SSSR count). The van der Waals surface area contributed by atoms with E-state index in [1.54, 1.807) is 0 Å². The first-order valence-electron chi connectivity index (χ1n) is 5.68. The van der Waals surface area contributed by atoms with E-state index in [0.717, 1.165) is 11.4 Å². The fourth-order valence-corrected chi connectivity index (χ4v) is 1.95. The monoisotopic (exact) mass is 241 g/mol. The molecular weight excluding hydrogens is 229 g/mol. The van der Waals surface area contributed by atoms with Gasteiger partial charge in [0.05, 0.1) is 0 Å². The van der Waals surface area contributed by atoms with Crippen LogP contribution in [-0.4, -0.2) is 0 Å². The second kappa shape index (κ2) is 6.05. The van der Waals surface area contributed by atoms with Gasteiger partial charge in [-0.25, -0.2) is 0 Å². The van der Waals surface area contributed by atoms with Crippen LogP contribution in [-0.2, 0) is 0 Å². The van der Waals surface area contributed by atoms with Crippen LogP contribution < -0.4 is 29.6 Å². The normalized spacial score (nSPS) is 9.78. The molecule has 0 aliphatic heterocycles. The van der Waals surface area contributed by atoms with Crippen LogP contribution in [0.5, 0.6) is 0 Å². The molecule has 0 fully saturated rings. The van der Waals surface area contributed by atoms with Crippen molar-refractivity contribution in [1.82, 2.24) is 0 Å².